The van der Waals surface area contributed by atoms with Crippen molar-refractivity contribution in [2.24, 2.45) is 0 Å². The molecule has 4 aromatic rings. The van der Waals surface area contributed by atoms with Gasteiger partial charge in [0.15, 0.2) is 5.65 Å². The van der Waals surface area contributed by atoms with Gasteiger partial charge < -0.3 is 14.6 Å². The lowest BCUT2D eigenvalue weighted by Gasteiger charge is -2.07. The zero-order chi connectivity index (χ0) is 18.8. The lowest BCUT2D eigenvalue weighted by atomic mass is 10.3. The Balaban J connectivity index is 1.61. The molecule has 136 valence electrons. The van der Waals surface area contributed by atoms with Crippen molar-refractivity contribution in [2.45, 2.75) is 6.92 Å². The first-order chi connectivity index (χ1) is 13.1. The number of pyridine rings is 1. The number of fused-ring (bicyclic) bond motifs is 1. The van der Waals surface area contributed by atoms with E-state index in [1.165, 1.54) is 10.7 Å². The van der Waals surface area contributed by atoms with Gasteiger partial charge in [0.1, 0.15) is 22.9 Å². The Morgan fingerprint density at radius 1 is 1.26 bits per heavy atom. The van der Waals surface area contributed by atoms with Crippen LogP contribution in [0.1, 0.15) is 16.1 Å². The van der Waals surface area contributed by atoms with Gasteiger partial charge in [-0.15, -0.1) is 0 Å². The summed E-state index contributed by atoms with van der Waals surface area (Å²) in [5.41, 5.74) is 1.35. The number of rotatable bonds is 5. The average molecular weight is 365 g/mol. The first kappa shape index (κ1) is 16.5. The van der Waals surface area contributed by atoms with Gasteiger partial charge in [-0.3, -0.25) is 10.1 Å². The Labute approximate surface area is 153 Å². The molecular formula is C17H15N7O3. The van der Waals surface area contributed by atoms with Crippen molar-refractivity contribution in [1.82, 2.24) is 24.7 Å². The van der Waals surface area contributed by atoms with Crippen LogP contribution in [0.4, 0.5) is 17.5 Å². The van der Waals surface area contributed by atoms with Gasteiger partial charge in [-0.1, -0.05) is 5.16 Å². The number of hydrogen-bond donors (Lipinski definition) is 2. The molecule has 0 unspecified atom stereocenters. The topological polar surface area (TPSA) is 119 Å². The third-order valence-corrected chi connectivity index (χ3v) is 3.70. The molecule has 0 aliphatic heterocycles. The molecule has 10 heteroatoms. The molecule has 0 bridgehead atoms. The van der Waals surface area contributed by atoms with Crippen LogP contribution in [0, 0.1) is 6.92 Å². The highest BCUT2D eigenvalue weighted by molar-refractivity contribution is 6.07. The first-order valence-electron chi connectivity index (χ1n) is 7.98. The predicted molar refractivity (Wildman–Crippen MR) is 96.3 cm³/mol. The largest absolute Gasteiger partial charge is 0.497 e. The number of amides is 1. The van der Waals surface area contributed by atoms with E-state index in [1.807, 2.05) is 0 Å². The van der Waals surface area contributed by atoms with Crippen molar-refractivity contribution in [2.75, 3.05) is 17.7 Å². The molecule has 0 aliphatic rings. The summed E-state index contributed by atoms with van der Waals surface area (Å²) in [4.78, 5) is 21.2. The summed E-state index contributed by atoms with van der Waals surface area (Å²) in [6.45, 7) is 1.76. The van der Waals surface area contributed by atoms with Gasteiger partial charge in [0, 0.05) is 24.5 Å². The third kappa shape index (κ3) is 3.40. The maximum atomic E-state index is 12.5. The number of carbonyl (C=O) groups excluding carboxylic acids is 1. The van der Waals surface area contributed by atoms with Crippen LogP contribution in [0.3, 0.4) is 0 Å². The van der Waals surface area contributed by atoms with E-state index in [9.17, 15) is 4.79 Å². The number of aromatic nitrogens is 5. The minimum atomic E-state index is -0.398. The van der Waals surface area contributed by atoms with E-state index in [2.05, 4.69) is 30.9 Å². The highest BCUT2D eigenvalue weighted by Gasteiger charge is 2.16. The molecule has 0 aromatic carbocycles. The Kier molecular flexibility index (Phi) is 4.13. The highest BCUT2D eigenvalue weighted by Crippen LogP contribution is 2.19. The molecule has 0 aliphatic carbocycles. The molecule has 4 rings (SSSR count). The van der Waals surface area contributed by atoms with Gasteiger partial charge in [-0.05, 0) is 19.1 Å². The van der Waals surface area contributed by atoms with E-state index < -0.39 is 5.91 Å². The number of nitrogens with zero attached hydrogens (tertiary/aromatic N) is 5. The van der Waals surface area contributed by atoms with E-state index in [0.717, 1.165) is 0 Å². The summed E-state index contributed by atoms with van der Waals surface area (Å²) < 4.78 is 11.7. The lowest BCUT2D eigenvalue weighted by Crippen LogP contribution is -2.11. The molecule has 0 saturated heterocycles. The highest BCUT2D eigenvalue weighted by atomic mass is 16.5. The van der Waals surface area contributed by atoms with Crippen LogP contribution in [-0.4, -0.2) is 37.8 Å². The van der Waals surface area contributed by atoms with Crippen LogP contribution >= 0.6 is 0 Å². The van der Waals surface area contributed by atoms with Crippen LogP contribution in [0.25, 0.3) is 5.65 Å². The molecule has 0 spiro atoms. The van der Waals surface area contributed by atoms with Gasteiger partial charge >= 0.3 is 0 Å². The molecule has 2 N–H and O–H groups in total. The molecule has 0 saturated carbocycles. The number of carbonyl (C=O) groups is 1. The molecule has 1 amide bonds. The maximum absolute atomic E-state index is 12.5. The number of aryl methyl sites for hydroxylation is 1. The monoisotopic (exact) mass is 365 g/mol. The van der Waals surface area contributed by atoms with Gasteiger partial charge in [0.05, 0.1) is 19.0 Å². The summed E-state index contributed by atoms with van der Waals surface area (Å²) in [6, 6.07) is 6.83. The molecule has 0 atom stereocenters. The van der Waals surface area contributed by atoms with E-state index in [1.54, 1.807) is 50.7 Å². The quantitative estimate of drug-likeness (QED) is 0.553. The van der Waals surface area contributed by atoms with Crippen molar-refractivity contribution < 1.29 is 14.1 Å². The fourth-order valence-corrected chi connectivity index (χ4v) is 2.44. The fourth-order valence-electron chi connectivity index (χ4n) is 2.44. The Bertz CT molecular complexity index is 1120. The van der Waals surface area contributed by atoms with Crippen molar-refractivity contribution >= 4 is 29.1 Å². The average Bonchev–Trinajstić information content (AvgIpc) is 3.27. The zero-order valence-electron chi connectivity index (χ0n) is 14.5. The number of nitrogens with one attached hydrogen (secondary N) is 2. The Morgan fingerprint density at radius 2 is 2.15 bits per heavy atom. The molecular weight excluding hydrogens is 350 g/mol. The molecule has 0 radical (unpaired) electrons. The van der Waals surface area contributed by atoms with Crippen LogP contribution in [-0.2, 0) is 0 Å². The number of ether oxygens (including phenoxy) is 1. The Hall–Kier alpha value is -3.95. The zero-order valence-corrected chi connectivity index (χ0v) is 14.5. The van der Waals surface area contributed by atoms with Crippen molar-refractivity contribution in [3.8, 4) is 5.75 Å². The van der Waals surface area contributed by atoms with Gasteiger partial charge in [0.2, 0.25) is 5.88 Å². The Morgan fingerprint density at radius 3 is 2.93 bits per heavy atom. The summed E-state index contributed by atoms with van der Waals surface area (Å²) in [6.07, 6.45) is 4.76. The van der Waals surface area contributed by atoms with Crippen LogP contribution < -0.4 is 15.4 Å². The number of methoxy groups -OCH3 is 1. The first-order valence-corrected chi connectivity index (χ1v) is 7.98. The van der Waals surface area contributed by atoms with Gasteiger partial charge in [-0.25, -0.2) is 14.5 Å². The number of anilines is 3. The molecule has 0 fully saturated rings. The second kappa shape index (κ2) is 6.75. The van der Waals surface area contributed by atoms with Crippen LogP contribution in [0.2, 0.25) is 0 Å². The second-order valence-corrected chi connectivity index (χ2v) is 5.63. The molecule has 4 aromatic heterocycles. The summed E-state index contributed by atoms with van der Waals surface area (Å²) in [7, 11) is 1.58. The van der Waals surface area contributed by atoms with Crippen LogP contribution in [0.15, 0.2) is 47.4 Å². The SMILES string of the molecule is COc1ccnc(Nc2ccn3ncc(C(=O)Nc4cc(C)no4)c3n2)c1. The minimum absolute atomic E-state index is 0.256. The maximum Gasteiger partial charge on any atom is 0.263 e. The third-order valence-electron chi connectivity index (χ3n) is 3.70. The van der Waals surface area contributed by atoms with Gasteiger partial charge in [-0.2, -0.15) is 5.10 Å². The molecule has 27 heavy (non-hydrogen) atoms. The standard InChI is InChI=1S/C17H15N7O3/c1-10-7-15(27-23-10)22-17(25)12-9-19-24-6-4-13(21-16(12)24)20-14-8-11(26-2)3-5-18-14/h3-9H,1-2H3,(H,22,25)(H,18,20,21). The predicted octanol–water partition coefficient (Wildman–Crippen LogP) is 2.43. The van der Waals surface area contributed by atoms with Crippen LogP contribution in [0.5, 0.6) is 5.75 Å². The van der Waals surface area contributed by atoms with Crippen molar-refractivity contribution in [1.29, 1.82) is 0 Å². The van der Waals surface area contributed by atoms with E-state index in [4.69, 9.17) is 9.26 Å². The second-order valence-electron chi connectivity index (χ2n) is 5.63. The van der Waals surface area contributed by atoms with E-state index in [0.29, 0.717) is 34.3 Å². The minimum Gasteiger partial charge on any atom is -0.497 e. The van der Waals surface area contributed by atoms with E-state index >= 15 is 0 Å². The lowest BCUT2D eigenvalue weighted by molar-refractivity contribution is 0.102. The fraction of sp³-hybridized carbons (Fsp3) is 0.118. The summed E-state index contributed by atoms with van der Waals surface area (Å²) in [5.74, 6) is 1.60. The van der Waals surface area contributed by atoms with Crippen molar-refractivity contribution in [3.63, 3.8) is 0 Å². The molecule has 10 nitrogen and oxygen atoms in total. The molecule has 4 heterocycles. The smallest absolute Gasteiger partial charge is 0.263 e. The van der Waals surface area contributed by atoms with Crippen molar-refractivity contribution in [3.05, 3.63) is 54.1 Å². The summed E-state index contributed by atoms with van der Waals surface area (Å²) >= 11 is 0. The number of hydrogen-bond acceptors (Lipinski definition) is 8. The van der Waals surface area contributed by atoms with Gasteiger partial charge in [0.25, 0.3) is 5.91 Å². The normalized spacial score (nSPS) is 10.7. The van der Waals surface area contributed by atoms with E-state index in [-0.39, 0.29) is 5.88 Å². The summed E-state index contributed by atoms with van der Waals surface area (Å²) in [5, 5.41) is 13.6.